The van der Waals surface area contributed by atoms with Crippen molar-refractivity contribution in [1.29, 1.82) is 0 Å². The number of aliphatic hydroxyl groups is 1. The number of aliphatic hydroxyl groups excluding tert-OH is 1. The number of esters is 1. The molecule has 6 rings (SSSR count). The van der Waals surface area contributed by atoms with Gasteiger partial charge in [0.15, 0.2) is 5.82 Å². The van der Waals surface area contributed by atoms with Gasteiger partial charge in [0.25, 0.3) is 0 Å². The molecule has 34 heavy (non-hydrogen) atoms. The molecule has 2 aromatic heterocycles. The van der Waals surface area contributed by atoms with Crippen LogP contribution in [0.1, 0.15) is 50.7 Å². The highest BCUT2D eigenvalue weighted by molar-refractivity contribution is 5.91. The third-order valence-corrected chi connectivity index (χ3v) is 7.90. The molecule has 4 aliphatic rings. The second-order valence-corrected chi connectivity index (χ2v) is 9.96. The zero-order chi connectivity index (χ0) is 23.4. The number of tetrazole rings is 1. The van der Waals surface area contributed by atoms with Crippen molar-refractivity contribution in [2.75, 3.05) is 13.2 Å². The van der Waals surface area contributed by atoms with Crippen molar-refractivity contribution in [3.05, 3.63) is 42.0 Å². The lowest BCUT2D eigenvalue weighted by Crippen LogP contribution is -2.51. The van der Waals surface area contributed by atoms with Crippen LogP contribution < -0.4 is 0 Å². The topological polar surface area (TPSA) is 127 Å². The van der Waals surface area contributed by atoms with Gasteiger partial charge in [0.2, 0.25) is 5.91 Å². The average Bonchev–Trinajstić information content (AvgIpc) is 3.59. The van der Waals surface area contributed by atoms with Crippen molar-refractivity contribution in [3.63, 3.8) is 0 Å². The quantitative estimate of drug-likeness (QED) is 0.637. The molecule has 3 saturated heterocycles. The highest BCUT2D eigenvalue weighted by atomic mass is 16.5. The van der Waals surface area contributed by atoms with Crippen LogP contribution in [0.3, 0.4) is 0 Å². The van der Waals surface area contributed by atoms with Crippen LogP contribution in [0.2, 0.25) is 0 Å². The molecule has 0 saturated carbocycles. The molecule has 1 amide bonds. The van der Waals surface area contributed by atoms with Gasteiger partial charge >= 0.3 is 5.97 Å². The highest BCUT2D eigenvalue weighted by Gasteiger charge is 2.58. The number of cyclic esters (lactones) is 1. The number of ether oxygens (including phenoxy) is 1. The lowest BCUT2D eigenvalue weighted by atomic mass is 9.72. The molecule has 1 N–H and O–H groups in total. The zero-order valence-corrected chi connectivity index (χ0v) is 18.9. The van der Waals surface area contributed by atoms with E-state index in [0.717, 1.165) is 37.7 Å². The minimum absolute atomic E-state index is 0.0505. The van der Waals surface area contributed by atoms with Crippen LogP contribution in [0.15, 0.2) is 36.4 Å². The van der Waals surface area contributed by atoms with Gasteiger partial charge in [0.05, 0.1) is 17.2 Å². The lowest BCUT2D eigenvalue weighted by Gasteiger charge is -2.44. The highest BCUT2D eigenvalue weighted by Crippen LogP contribution is 2.53. The molecule has 0 aliphatic carbocycles. The maximum atomic E-state index is 13.6. The van der Waals surface area contributed by atoms with E-state index in [0.29, 0.717) is 18.1 Å². The van der Waals surface area contributed by atoms with Gasteiger partial charge < -0.3 is 14.7 Å². The third-order valence-electron chi connectivity index (χ3n) is 7.90. The first-order valence-electron chi connectivity index (χ1n) is 11.8. The molecule has 4 atom stereocenters. The normalized spacial score (nSPS) is 31.9. The Kier molecular flexibility index (Phi) is 4.99. The number of rotatable bonds is 5. The van der Waals surface area contributed by atoms with Crippen molar-refractivity contribution >= 4 is 11.9 Å². The maximum Gasteiger partial charge on any atom is 0.333 e. The predicted octanol–water partition coefficient (Wildman–Crippen LogP) is 0.765. The summed E-state index contributed by atoms with van der Waals surface area (Å²) in [6, 6.07) is 4.20. The van der Waals surface area contributed by atoms with Gasteiger partial charge in [0, 0.05) is 42.5 Å². The molecule has 3 unspecified atom stereocenters. The molecule has 11 nitrogen and oxygen atoms in total. The van der Waals surface area contributed by atoms with Crippen LogP contribution in [0.5, 0.6) is 0 Å². The van der Waals surface area contributed by atoms with E-state index in [9.17, 15) is 14.7 Å². The van der Waals surface area contributed by atoms with E-state index < -0.39 is 11.5 Å². The van der Waals surface area contributed by atoms with Crippen molar-refractivity contribution in [3.8, 4) is 5.82 Å². The molecule has 11 heteroatoms. The molecule has 2 bridgehead atoms. The summed E-state index contributed by atoms with van der Waals surface area (Å²) in [4.78, 5) is 33.7. The van der Waals surface area contributed by atoms with Crippen LogP contribution >= 0.6 is 0 Å². The molecule has 4 aliphatic heterocycles. The van der Waals surface area contributed by atoms with E-state index >= 15 is 0 Å². The fourth-order valence-electron chi connectivity index (χ4n) is 6.50. The second kappa shape index (κ2) is 7.95. The van der Waals surface area contributed by atoms with Crippen LogP contribution in [0, 0.1) is 5.41 Å². The van der Waals surface area contributed by atoms with Crippen molar-refractivity contribution in [2.45, 2.75) is 63.3 Å². The second-order valence-electron chi connectivity index (χ2n) is 9.96. The summed E-state index contributed by atoms with van der Waals surface area (Å²) in [5.41, 5.74) is 1.03. The largest absolute Gasteiger partial charge is 0.456 e. The molecule has 2 aromatic rings. The summed E-state index contributed by atoms with van der Waals surface area (Å²) < 4.78 is 6.52. The monoisotopic (exact) mass is 465 g/mol. The summed E-state index contributed by atoms with van der Waals surface area (Å²) in [6.45, 7) is 2.75. The number of carbonyl (C=O) groups excluding carboxylic acids is 2. The molecule has 0 radical (unpaired) electrons. The number of nitrogens with zero attached hydrogens (tertiary/aromatic N) is 7. The van der Waals surface area contributed by atoms with E-state index in [-0.39, 0.29) is 36.6 Å². The average molecular weight is 466 g/mol. The van der Waals surface area contributed by atoms with Gasteiger partial charge in [-0.3, -0.25) is 9.69 Å². The molecule has 6 heterocycles. The van der Waals surface area contributed by atoms with E-state index in [4.69, 9.17) is 4.74 Å². The number of carbonyl (C=O) groups is 2. The summed E-state index contributed by atoms with van der Waals surface area (Å²) in [5, 5.41) is 22.0. The number of fused-ring (bicyclic) bond motifs is 2. The Morgan fingerprint density at radius 3 is 2.62 bits per heavy atom. The van der Waals surface area contributed by atoms with Crippen molar-refractivity contribution < 1.29 is 19.4 Å². The Hall–Kier alpha value is -3.18. The fraction of sp³-hybridized carbons (Fsp3) is 0.565. The van der Waals surface area contributed by atoms with E-state index in [1.807, 2.05) is 6.07 Å². The third kappa shape index (κ3) is 3.41. The minimum atomic E-state index is -0.672. The maximum absolute atomic E-state index is 13.6. The molecular formula is C23H27N7O4. The number of hydrogen-bond donors (Lipinski definition) is 1. The summed E-state index contributed by atoms with van der Waals surface area (Å²) in [6.07, 6.45) is 8.34. The standard InChI is InChI=1S/C23H27N7O4/c1-14-7-23(22(33)30(14)18-6-21(32)34-12-18)8-16-3-4-17(9-23)28(16)11-19(31)15-2-5-20(24-10-15)29-13-25-26-27-29/h2,5-6,10,13-14,16-17,19,31H,3-4,7-9,11-12H2,1H3/t14?,16?,17?,19-,23?/m1/s1. The Balaban J connectivity index is 1.15. The summed E-state index contributed by atoms with van der Waals surface area (Å²) in [7, 11) is 0. The van der Waals surface area contributed by atoms with Gasteiger partial charge in [-0.25, -0.2) is 9.78 Å². The zero-order valence-electron chi connectivity index (χ0n) is 18.9. The predicted molar refractivity (Wildman–Crippen MR) is 117 cm³/mol. The van der Waals surface area contributed by atoms with Crippen LogP contribution in [-0.2, 0) is 14.3 Å². The fourth-order valence-corrected chi connectivity index (χ4v) is 6.50. The molecule has 0 aromatic carbocycles. The minimum Gasteiger partial charge on any atom is -0.456 e. The van der Waals surface area contributed by atoms with E-state index in [2.05, 4.69) is 32.3 Å². The molecule has 178 valence electrons. The van der Waals surface area contributed by atoms with Gasteiger partial charge in [-0.05, 0) is 55.5 Å². The lowest BCUT2D eigenvalue weighted by molar-refractivity contribution is -0.140. The van der Waals surface area contributed by atoms with Crippen molar-refractivity contribution in [2.24, 2.45) is 5.41 Å². The number of piperidine rings is 1. The molecule has 1 spiro atoms. The van der Waals surface area contributed by atoms with E-state index in [1.54, 1.807) is 17.2 Å². The van der Waals surface area contributed by atoms with Gasteiger partial charge in [-0.1, -0.05) is 6.07 Å². The first-order valence-corrected chi connectivity index (χ1v) is 11.8. The number of hydrogen-bond acceptors (Lipinski definition) is 9. The van der Waals surface area contributed by atoms with E-state index in [1.165, 1.54) is 17.1 Å². The summed E-state index contributed by atoms with van der Waals surface area (Å²) in [5.74, 6) is 0.341. The number of amides is 1. The Morgan fingerprint density at radius 1 is 1.21 bits per heavy atom. The Labute approximate surface area is 196 Å². The number of pyridine rings is 1. The number of aromatic nitrogens is 5. The smallest absolute Gasteiger partial charge is 0.333 e. The van der Waals surface area contributed by atoms with Crippen LogP contribution in [0.25, 0.3) is 5.82 Å². The number of likely N-dealkylation sites (tertiary alicyclic amines) is 1. The first-order chi connectivity index (χ1) is 16.4. The molecular weight excluding hydrogens is 438 g/mol. The Morgan fingerprint density at radius 2 is 2.00 bits per heavy atom. The first kappa shape index (κ1) is 21.4. The van der Waals surface area contributed by atoms with Gasteiger partial charge in [0.1, 0.15) is 12.9 Å². The van der Waals surface area contributed by atoms with Crippen molar-refractivity contribution in [1.82, 2.24) is 35.0 Å². The summed E-state index contributed by atoms with van der Waals surface area (Å²) >= 11 is 0. The van der Waals surface area contributed by atoms with Crippen LogP contribution in [0.4, 0.5) is 0 Å². The van der Waals surface area contributed by atoms with Gasteiger partial charge in [-0.2, -0.15) is 4.68 Å². The Bertz CT molecular complexity index is 1120. The van der Waals surface area contributed by atoms with Gasteiger partial charge in [-0.15, -0.1) is 5.10 Å². The molecule has 3 fully saturated rings. The SMILES string of the molecule is CC1CC2(CC3CCC(C2)N3C[C@@H](O)c2ccc(-n3cnnn3)nc2)C(=O)N1C1=CC(=O)OC1. The van der Waals surface area contributed by atoms with Crippen LogP contribution in [-0.4, -0.2) is 83.3 Å².